The Bertz CT molecular complexity index is 305. The van der Waals surface area contributed by atoms with E-state index >= 15 is 0 Å². The van der Waals surface area contributed by atoms with Crippen molar-refractivity contribution >= 4 is 12.1 Å². The maximum atomic E-state index is 11.3. The predicted octanol–water partition coefficient (Wildman–Crippen LogP) is 0.290. The summed E-state index contributed by atoms with van der Waals surface area (Å²) in [6, 6.07) is 0. The van der Waals surface area contributed by atoms with Gasteiger partial charge in [-0.2, -0.15) is 0 Å². The Morgan fingerprint density at radius 2 is 1.82 bits per heavy atom. The van der Waals surface area contributed by atoms with E-state index in [-0.39, 0.29) is 13.2 Å². The fourth-order valence-corrected chi connectivity index (χ4v) is 1.48. The van der Waals surface area contributed by atoms with E-state index in [1.54, 1.807) is 5.92 Å². The van der Waals surface area contributed by atoms with Crippen LogP contribution in [0.4, 0.5) is 4.79 Å². The van der Waals surface area contributed by atoms with Crippen LogP contribution in [0.3, 0.4) is 0 Å². The largest absolute Gasteiger partial charge is 0.452 e. The summed E-state index contributed by atoms with van der Waals surface area (Å²) >= 11 is 0. The number of piperidine rings is 1. The Morgan fingerprint density at radius 1 is 1.18 bits per heavy atom. The summed E-state index contributed by atoms with van der Waals surface area (Å²) in [5, 5.41) is 1.82. The average molecular weight is 240 g/mol. The number of nitrogens with one attached hydrogen (secondary N) is 1. The summed E-state index contributed by atoms with van der Waals surface area (Å²) in [6.07, 6.45) is 7.58. The molecule has 0 spiro atoms. The first kappa shape index (κ1) is 13.3. The molecule has 0 bridgehead atoms. The molecule has 1 amide bonds. The Balaban J connectivity index is 2.05. The predicted molar refractivity (Wildman–Crippen MR) is 59.7 cm³/mol. The van der Waals surface area contributed by atoms with Crippen LogP contribution in [0.2, 0.25) is 0 Å². The van der Waals surface area contributed by atoms with Gasteiger partial charge in [0.2, 0.25) is 0 Å². The topological polar surface area (TPSA) is 67.9 Å². The van der Waals surface area contributed by atoms with E-state index in [0.717, 1.165) is 25.9 Å². The van der Waals surface area contributed by atoms with Gasteiger partial charge >= 0.3 is 12.1 Å². The minimum atomic E-state index is -0.759. The molecule has 6 heteroatoms. The van der Waals surface area contributed by atoms with Gasteiger partial charge < -0.3 is 9.47 Å². The number of hydrogen-bond donors (Lipinski definition) is 1. The van der Waals surface area contributed by atoms with Crippen LogP contribution in [0.25, 0.3) is 0 Å². The summed E-state index contributed by atoms with van der Waals surface area (Å²) in [5.74, 6) is 1.03. The zero-order valence-electron chi connectivity index (χ0n) is 9.61. The Labute approximate surface area is 100 Å². The summed E-state index contributed by atoms with van der Waals surface area (Å²) < 4.78 is 9.34. The molecule has 17 heavy (non-hydrogen) atoms. The fraction of sp³-hybridized carbons (Fsp3) is 0.636. The van der Waals surface area contributed by atoms with Crippen molar-refractivity contribution in [1.29, 1.82) is 0 Å². The third-order valence-corrected chi connectivity index (χ3v) is 2.27. The minimum absolute atomic E-state index is 0.00685. The first-order valence-corrected chi connectivity index (χ1v) is 5.54. The highest BCUT2D eigenvalue weighted by Crippen LogP contribution is 2.05. The third kappa shape index (κ3) is 5.78. The number of carbonyl (C=O) groups excluding carboxylic acids is 2. The monoisotopic (exact) mass is 240 g/mol. The zero-order valence-corrected chi connectivity index (χ0v) is 9.61. The lowest BCUT2D eigenvalue weighted by atomic mass is 10.2. The number of amides is 1. The number of ether oxygens (including phenoxy) is 2. The van der Waals surface area contributed by atoms with Crippen molar-refractivity contribution in [2.75, 3.05) is 26.3 Å². The van der Waals surface area contributed by atoms with Gasteiger partial charge in [-0.1, -0.05) is 6.42 Å². The molecule has 0 atom stereocenters. The molecular weight excluding hydrogens is 224 g/mol. The van der Waals surface area contributed by atoms with Gasteiger partial charge in [0.15, 0.2) is 0 Å². The van der Waals surface area contributed by atoms with E-state index in [2.05, 4.69) is 10.2 Å². The van der Waals surface area contributed by atoms with Gasteiger partial charge in [-0.05, 0) is 12.8 Å². The van der Waals surface area contributed by atoms with Gasteiger partial charge in [-0.15, -0.1) is 6.42 Å². The molecule has 1 rings (SSSR count). The maximum absolute atomic E-state index is 11.3. The number of hydrazine groups is 1. The van der Waals surface area contributed by atoms with Crippen molar-refractivity contribution in [1.82, 2.24) is 10.4 Å². The second-order valence-corrected chi connectivity index (χ2v) is 3.58. The van der Waals surface area contributed by atoms with Crippen LogP contribution in [-0.2, 0) is 14.3 Å². The molecule has 0 aromatic heterocycles. The lowest BCUT2D eigenvalue weighted by Gasteiger charge is -2.26. The molecule has 0 unspecified atom stereocenters. The number of hydrogen-bond acceptors (Lipinski definition) is 5. The first-order chi connectivity index (χ1) is 8.22. The summed E-state index contributed by atoms with van der Waals surface area (Å²) in [7, 11) is 0. The van der Waals surface area contributed by atoms with Crippen LogP contribution in [0.15, 0.2) is 0 Å². The molecule has 0 saturated carbocycles. The lowest BCUT2D eigenvalue weighted by Crippen LogP contribution is -2.45. The van der Waals surface area contributed by atoms with Crippen LogP contribution in [0.5, 0.6) is 0 Å². The Morgan fingerprint density at radius 3 is 2.47 bits per heavy atom. The van der Waals surface area contributed by atoms with E-state index in [4.69, 9.17) is 11.2 Å². The molecule has 1 aliphatic heterocycles. The van der Waals surface area contributed by atoms with E-state index in [9.17, 15) is 9.59 Å². The summed E-state index contributed by atoms with van der Waals surface area (Å²) in [6.45, 7) is 1.63. The smallest absolute Gasteiger partial charge is 0.421 e. The number of carbonyl (C=O) groups is 2. The Kier molecular flexibility index (Phi) is 5.89. The van der Waals surface area contributed by atoms with Gasteiger partial charge in [0.1, 0.15) is 13.2 Å². The maximum Gasteiger partial charge on any atom is 0.421 e. The van der Waals surface area contributed by atoms with E-state index in [0.29, 0.717) is 0 Å². The minimum Gasteiger partial charge on any atom is -0.452 e. The quantitative estimate of drug-likeness (QED) is 0.331. The van der Waals surface area contributed by atoms with Crippen molar-refractivity contribution in [3.8, 4) is 12.3 Å². The highest BCUT2D eigenvalue weighted by Gasteiger charge is 2.13. The van der Waals surface area contributed by atoms with Gasteiger partial charge in [0.25, 0.3) is 0 Å². The van der Waals surface area contributed by atoms with Crippen molar-refractivity contribution in [3.05, 3.63) is 0 Å². The zero-order chi connectivity index (χ0) is 12.5. The molecule has 0 aromatic carbocycles. The number of esters is 1. The molecule has 0 radical (unpaired) electrons. The van der Waals surface area contributed by atoms with Crippen LogP contribution < -0.4 is 5.43 Å². The van der Waals surface area contributed by atoms with Crippen molar-refractivity contribution in [2.24, 2.45) is 0 Å². The van der Waals surface area contributed by atoms with E-state index < -0.39 is 12.1 Å². The van der Waals surface area contributed by atoms with Crippen molar-refractivity contribution in [3.63, 3.8) is 0 Å². The molecule has 1 N–H and O–H groups in total. The standard InChI is InChI=1S/C11H16N2O4/c1-2-10(14)16-8-9-17-11(15)12-13-6-4-3-5-7-13/h1H,3-9H2,(H,12,15). The molecule has 0 aromatic rings. The highest BCUT2D eigenvalue weighted by molar-refractivity contribution is 5.87. The molecule has 94 valence electrons. The number of nitrogens with zero attached hydrogens (tertiary/aromatic N) is 1. The van der Waals surface area contributed by atoms with Crippen molar-refractivity contribution in [2.45, 2.75) is 19.3 Å². The second-order valence-electron chi connectivity index (χ2n) is 3.58. The molecular formula is C11H16N2O4. The average Bonchev–Trinajstić information content (AvgIpc) is 2.35. The van der Waals surface area contributed by atoms with Crippen LogP contribution in [0.1, 0.15) is 19.3 Å². The van der Waals surface area contributed by atoms with Crippen molar-refractivity contribution < 1.29 is 19.1 Å². The van der Waals surface area contributed by atoms with E-state index in [1.807, 2.05) is 5.01 Å². The SMILES string of the molecule is C#CC(=O)OCCOC(=O)NN1CCCCC1. The molecule has 6 nitrogen and oxygen atoms in total. The lowest BCUT2D eigenvalue weighted by molar-refractivity contribution is -0.137. The van der Waals surface area contributed by atoms with Crippen LogP contribution in [0, 0.1) is 12.3 Å². The first-order valence-electron chi connectivity index (χ1n) is 5.54. The fourth-order valence-electron chi connectivity index (χ4n) is 1.48. The van der Waals surface area contributed by atoms with Gasteiger partial charge in [0, 0.05) is 19.0 Å². The summed E-state index contributed by atoms with van der Waals surface area (Å²) in [5.41, 5.74) is 2.61. The molecule has 1 saturated heterocycles. The second kappa shape index (κ2) is 7.52. The highest BCUT2D eigenvalue weighted by atomic mass is 16.6. The Hall–Kier alpha value is -1.74. The number of rotatable bonds is 4. The van der Waals surface area contributed by atoms with E-state index in [1.165, 1.54) is 6.42 Å². The molecule has 0 aliphatic carbocycles. The summed E-state index contributed by atoms with van der Waals surface area (Å²) in [4.78, 5) is 21.8. The third-order valence-electron chi connectivity index (χ3n) is 2.27. The van der Waals surface area contributed by atoms with Gasteiger partial charge in [-0.25, -0.2) is 14.6 Å². The molecule has 1 aliphatic rings. The van der Waals surface area contributed by atoms with Gasteiger partial charge in [-0.3, -0.25) is 5.43 Å². The van der Waals surface area contributed by atoms with Crippen LogP contribution >= 0.6 is 0 Å². The molecule has 1 fully saturated rings. The normalized spacial score (nSPS) is 15.7. The van der Waals surface area contributed by atoms with Crippen LogP contribution in [-0.4, -0.2) is 43.4 Å². The molecule has 1 heterocycles. The van der Waals surface area contributed by atoms with Gasteiger partial charge in [0.05, 0.1) is 0 Å². The number of terminal acetylenes is 1.